The van der Waals surface area contributed by atoms with Crippen molar-refractivity contribution in [2.75, 3.05) is 0 Å². The summed E-state index contributed by atoms with van der Waals surface area (Å²) >= 11 is 4.27. The molecule has 0 heterocycles. The molecule has 122 valence electrons. The molecule has 25 heavy (non-hydrogen) atoms. The lowest BCUT2D eigenvalue weighted by Crippen LogP contribution is -2.05. The van der Waals surface area contributed by atoms with Gasteiger partial charge in [-0.2, -0.15) is 0 Å². The van der Waals surface area contributed by atoms with Crippen LogP contribution in [0.4, 0.5) is 0 Å². The normalized spacial score (nSPS) is 14.5. The zero-order chi connectivity index (χ0) is 17.6. The average Bonchev–Trinajstić information content (AvgIpc) is 2.63. The molecule has 0 atom stereocenters. The number of hydrogen-bond donors (Lipinski definition) is 1. The number of thiol groups is 1. The molecule has 2 aromatic rings. The Hall–Kier alpha value is -2.91. The first-order valence-electron chi connectivity index (χ1n) is 7.83. The molecule has 0 saturated carbocycles. The predicted molar refractivity (Wildman–Crippen MR) is 105 cm³/mol. The molecule has 1 aliphatic rings. The van der Waals surface area contributed by atoms with Crippen molar-refractivity contribution in [3.63, 3.8) is 0 Å². The Morgan fingerprint density at radius 1 is 0.640 bits per heavy atom. The van der Waals surface area contributed by atoms with Crippen LogP contribution in [-0.4, -0.2) is 11.6 Å². The van der Waals surface area contributed by atoms with E-state index in [2.05, 4.69) is 12.6 Å². The van der Waals surface area contributed by atoms with Crippen LogP contribution >= 0.6 is 12.6 Å². The standard InChI is InChI=1S/C22H16O2S/c23-20-11-14-22(24)19(15-20)10-7-17-4-1-16(2-5-17)3-6-18-8-12-21(25)13-9-18/h1-15,25H/b6-3+,10-7+. The third-order valence-corrected chi connectivity index (χ3v) is 4.03. The minimum absolute atomic E-state index is 0.150. The molecule has 0 N–H and O–H groups in total. The van der Waals surface area contributed by atoms with Gasteiger partial charge in [-0.3, -0.25) is 9.59 Å². The van der Waals surface area contributed by atoms with E-state index in [4.69, 9.17) is 0 Å². The van der Waals surface area contributed by atoms with E-state index in [-0.39, 0.29) is 11.6 Å². The molecule has 0 unspecified atom stereocenters. The zero-order valence-corrected chi connectivity index (χ0v) is 14.3. The first kappa shape index (κ1) is 16.9. The first-order chi connectivity index (χ1) is 12.1. The Labute approximate surface area is 152 Å². The van der Waals surface area contributed by atoms with Gasteiger partial charge in [-0.15, -0.1) is 12.6 Å². The van der Waals surface area contributed by atoms with Crippen molar-refractivity contribution in [3.05, 3.63) is 95.1 Å². The quantitative estimate of drug-likeness (QED) is 0.491. The predicted octanol–water partition coefficient (Wildman–Crippen LogP) is 4.79. The maximum absolute atomic E-state index is 11.7. The highest BCUT2D eigenvalue weighted by atomic mass is 32.1. The summed E-state index contributed by atoms with van der Waals surface area (Å²) in [6, 6.07) is 15.9. The average molecular weight is 344 g/mol. The van der Waals surface area contributed by atoms with Crippen LogP contribution < -0.4 is 0 Å². The second-order valence-corrected chi connectivity index (χ2v) is 6.14. The van der Waals surface area contributed by atoms with E-state index in [0.717, 1.165) is 21.6 Å². The van der Waals surface area contributed by atoms with E-state index in [0.29, 0.717) is 5.57 Å². The van der Waals surface area contributed by atoms with Gasteiger partial charge in [0, 0.05) is 10.5 Å². The second kappa shape index (κ2) is 7.77. The monoisotopic (exact) mass is 344 g/mol. The molecule has 3 heteroatoms. The van der Waals surface area contributed by atoms with Gasteiger partial charge < -0.3 is 0 Å². The Morgan fingerprint density at radius 2 is 1.12 bits per heavy atom. The van der Waals surface area contributed by atoms with Gasteiger partial charge in [0.15, 0.2) is 11.6 Å². The first-order valence-corrected chi connectivity index (χ1v) is 8.28. The van der Waals surface area contributed by atoms with Crippen LogP contribution in [0.2, 0.25) is 0 Å². The smallest absolute Gasteiger partial charge is 0.186 e. The number of rotatable bonds is 4. The van der Waals surface area contributed by atoms with Gasteiger partial charge in [0.25, 0.3) is 0 Å². The fourth-order valence-corrected chi connectivity index (χ4v) is 2.49. The number of carbonyl (C=O) groups is 2. The van der Waals surface area contributed by atoms with Crippen LogP contribution in [0.5, 0.6) is 0 Å². The topological polar surface area (TPSA) is 34.1 Å². The molecule has 3 rings (SSSR count). The number of hydrogen-bond acceptors (Lipinski definition) is 3. The van der Waals surface area contributed by atoms with Gasteiger partial charge in [0.05, 0.1) is 0 Å². The van der Waals surface area contributed by atoms with Crippen LogP contribution in [0.1, 0.15) is 16.7 Å². The molecular weight excluding hydrogens is 328 g/mol. The van der Waals surface area contributed by atoms with Gasteiger partial charge in [-0.05, 0) is 47.1 Å². The maximum atomic E-state index is 11.7. The fourth-order valence-electron chi connectivity index (χ4n) is 2.34. The fraction of sp³-hybridized carbons (Fsp3) is 0. The molecule has 0 saturated heterocycles. The number of benzene rings is 2. The van der Waals surface area contributed by atoms with Crippen LogP contribution in [0.25, 0.3) is 18.2 Å². The van der Waals surface area contributed by atoms with Crippen molar-refractivity contribution < 1.29 is 9.59 Å². The van der Waals surface area contributed by atoms with Gasteiger partial charge in [-0.25, -0.2) is 0 Å². The molecule has 2 nitrogen and oxygen atoms in total. The summed E-state index contributed by atoms with van der Waals surface area (Å²) in [5.74, 6) is -0.312. The number of carbonyl (C=O) groups excluding carboxylic acids is 2. The van der Waals surface area contributed by atoms with E-state index in [1.165, 1.54) is 18.2 Å². The lowest BCUT2D eigenvalue weighted by Gasteiger charge is -2.01. The second-order valence-electron chi connectivity index (χ2n) is 5.62. The molecule has 0 fully saturated rings. The third-order valence-electron chi connectivity index (χ3n) is 3.73. The van der Waals surface area contributed by atoms with Crippen molar-refractivity contribution in [1.82, 2.24) is 0 Å². The van der Waals surface area contributed by atoms with Crippen molar-refractivity contribution in [2.45, 2.75) is 4.90 Å². The van der Waals surface area contributed by atoms with E-state index < -0.39 is 0 Å². The summed E-state index contributed by atoms with van der Waals surface area (Å²) in [7, 11) is 0. The summed E-state index contributed by atoms with van der Waals surface area (Å²) in [4.78, 5) is 23.9. The molecule has 0 aromatic heterocycles. The van der Waals surface area contributed by atoms with Crippen molar-refractivity contribution >= 4 is 42.4 Å². The summed E-state index contributed by atoms with van der Waals surface area (Å²) in [6.45, 7) is 0. The summed E-state index contributed by atoms with van der Waals surface area (Å²) in [5, 5.41) is 0. The van der Waals surface area contributed by atoms with Crippen LogP contribution in [0, 0.1) is 0 Å². The lowest BCUT2D eigenvalue weighted by molar-refractivity contribution is -0.114. The highest BCUT2D eigenvalue weighted by Crippen LogP contribution is 2.14. The van der Waals surface area contributed by atoms with Crippen molar-refractivity contribution in [3.8, 4) is 0 Å². The molecule has 1 aliphatic carbocycles. The third kappa shape index (κ3) is 4.78. The number of allylic oxidation sites excluding steroid dienone is 5. The Kier molecular flexibility index (Phi) is 5.26. The van der Waals surface area contributed by atoms with Crippen LogP contribution in [0.3, 0.4) is 0 Å². The van der Waals surface area contributed by atoms with Gasteiger partial charge in [0.2, 0.25) is 0 Å². The molecular formula is C22H16O2S. The largest absolute Gasteiger partial charge is 0.290 e. The maximum Gasteiger partial charge on any atom is 0.186 e. The summed E-state index contributed by atoms with van der Waals surface area (Å²) < 4.78 is 0. The van der Waals surface area contributed by atoms with E-state index >= 15 is 0 Å². The number of ketones is 2. The van der Waals surface area contributed by atoms with Crippen LogP contribution in [0.15, 0.2) is 83.3 Å². The molecule has 0 spiro atoms. The van der Waals surface area contributed by atoms with Gasteiger partial charge in [-0.1, -0.05) is 60.7 Å². The minimum Gasteiger partial charge on any atom is -0.290 e. The van der Waals surface area contributed by atoms with Crippen LogP contribution in [-0.2, 0) is 9.59 Å². The van der Waals surface area contributed by atoms with E-state index in [1.54, 1.807) is 6.08 Å². The minimum atomic E-state index is -0.161. The van der Waals surface area contributed by atoms with Gasteiger partial charge >= 0.3 is 0 Å². The molecule has 0 radical (unpaired) electrons. The van der Waals surface area contributed by atoms with Crippen molar-refractivity contribution in [2.24, 2.45) is 0 Å². The summed E-state index contributed by atoms with van der Waals surface area (Å²) in [6.07, 6.45) is 11.5. The van der Waals surface area contributed by atoms with Gasteiger partial charge in [0.1, 0.15) is 0 Å². The Balaban J connectivity index is 1.68. The Bertz CT molecular complexity index is 912. The SMILES string of the molecule is O=C1C=CC(=O)C(/C=C/c2ccc(/C=C/c3ccc(S)cc3)cc2)=C1. The Morgan fingerprint density at radius 3 is 1.68 bits per heavy atom. The molecule has 2 aromatic carbocycles. The highest BCUT2D eigenvalue weighted by Gasteiger charge is 2.09. The van der Waals surface area contributed by atoms with E-state index in [9.17, 15) is 9.59 Å². The molecule has 0 amide bonds. The van der Waals surface area contributed by atoms with E-state index in [1.807, 2.05) is 66.8 Å². The molecule has 0 aliphatic heterocycles. The lowest BCUT2D eigenvalue weighted by atomic mass is 10.0. The highest BCUT2D eigenvalue weighted by molar-refractivity contribution is 7.80. The summed E-state index contributed by atoms with van der Waals surface area (Å²) in [5.41, 5.74) is 3.57. The zero-order valence-electron chi connectivity index (χ0n) is 13.4. The molecule has 0 bridgehead atoms. The van der Waals surface area contributed by atoms with Crippen molar-refractivity contribution in [1.29, 1.82) is 0 Å².